The molecular weight excluding hydrogens is 198 g/mol. The van der Waals surface area contributed by atoms with Crippen molar-refractivity contribution in [2.75, 3.05) is 11.9 Å². The second kappa shape index (κ2) is 4.04. The van der Waals surface area contributed by atoms with Crippen LogP contribution in [0.3, 0.4) is 0 Å². The first-order valence-electron chi connectivity index (χ1n) is 4.30. The zero-order valence-corrected chi connectivity index (χ0v) is 8.72. The van der Waals surface area contributed by atoms with Crippen molar-refractivity contribution < 1.29 is 9.72 Å². The summed E-state index contributed by atoms with van der Waals surface area (Å²) >= 11 is 0. The molecule has 0 aromatic carbocycles. The number of carbonyl (C=O) groups excluding carboxylic acids is 1. The maximum atomic E-state index is 11.0. The van der Waals surface area contributed by atoms with Gasteiger partial charge >= 0.3 is 5.82 Å². The molecule has 0 N–H and O–H groups in total. The number of nitrogens with zero attached hydrogens (tertiary/aromatic N) is 3. The molecule has 1 aromatic heterocycles. The molecule has 6 heteroatoms. The van der Waals surface area contributed by atoms with Gasteiger partial charge in [-0.1, -0.05) is 0 Å². The van der Waals surface area contributed by atoms with Crippen LogP contribution in [0.4, 0.5) is 11.6 Å². The van der Waals surface area contributed by atoms with E-state index in [1.54, 1.807) is 19.1 Å². The fourth-order valence-corrected chi connectivity index (χ4v) is 1.04. The fourth-order valence-electron chi connectivity index (χ4n) is 1.04. The quantitative estimate of drug-likeness (QED) is 0.543. The summed E-state index contributed by atoms with van der Waals surface area (Å²) in [5.74, 6) is -0.166. The predicted molar refractivity (Wildman–Crippen MR) is 54.7 cm³/mol. The molecule has 0 spiro atoms. The fraction of sp³-hybridized carbons (Fsp3) is 0.333. The first kappa shape index (κ1) is 11.1. The van der Waals surface area contributed by atoms with Crippen LogP contribution in [-0.2, 0) is 4.79 Å². The van der Waals surface area contributed by atoms with Gasteiger partial charge in [-0.05, 0) is 22.9 Å². The predicted octanol–water partition coefficient (Wildman–Crippen LogP) is 1.28. The first-order chi connectivity index (χ1) is 6.93. The van der Waals surface area contributed by atoms with Crippen LogP contribution >= 0.6 is 0 Å². The highest BCUT2D eigenvalue weighted by Crippen LogP contribution is 2.19. The van der Waals surface area contributed by atoms with Crippen molar-refractivity contribution in [3.8, 4) is 0 Å². The van der Waals surface area contributed by atoms with Crippen LogP contribution < -0.4 is 4.90 Å². The molecule has 0 atom stereocenters. The lowest BCUT2D eigenvalue weighted by Crippen LogP contribution is -2.24. The van der Waals surface area contributed by atoms with Crippen LogP contribution in [0.15, 0.2) is 12.1 Å². The number of hydrogen-bond acceptors (Lipinski definition) is 4. The van der Waals surface area contributed by atoms with Crippen molar-refractivity contribution in [3.63, 3.8) is 0 Å². The van der Waals surface area contributed by atoms with Crippen LogP contribution in [0.25, 0.3) is 0 Å². The van der Waals surface area contributed by atoms with Gasteiger partial charge in [0.15, 0.2) is 0 Å². The third-order valence-electron chi connectivity index (χ3n) is 2.04. The number of nitro groups is 1. The van der Waals surface area contributed by atoms with Crippen LogP contribution in [0, 0.1) is 17.0 Å². The number of pyridine rings is 1. The molecule has 0 bridgehead atoms. The molecule has 1 amide bonds. The van der Waals surface area contributed by atoms with E-state index >= 15 is 0 Å². The van der Waals surface area contributed by atoms with Crippen LogP contribution in [0.5, 0.6) is 0 Å². The van der Waals surface area contributed by atoms with Gasteiger partial charge in [0.1, 0.15) is 0 Å². The SMILES string of the molecule is CC(=O)N(C)c1ccc(C)c([N+](=O)[O-])n1. The molecule has 1 heterocycles. The standard InChI is InChI=1S/C9H11N3O3/c1-6-4-5-8(11(3)7(2)13)10-9(6)12(14)15/h4-5H,1-3H3. The highest BCUT2D eigenvalue weighted by molar-refractivity contribution is 5.89. The van der Waals surface area contributed by atoms with Crippen molar-refractivity contribution in [1.29, 1.82) is 0 Å². The molecule has 6 nitrogen and oxygen atoms in total. The van der Waals surface area contributed by atoms with Gasteiger partial charge in [-0.25, -0.2) is 0 Å². The number of amides is 1. The van der Waals surface area contributed by atoms with Crippen LogP contribution in [0.1, 0.15) is 12.5 Å². The van der Waals surface area contributed by atoms with Gasteiger partial charge in [-0.15, -0.1) is 0 Å². The summed E-state index contributed by atoms with van der Waals surface area (Å²) in [7, 11) is 1.52. The average molecular weight is 209 g/mol. The van der Waals surface area contributed by atoms with Crippen molar-refractivity contribution in [2.24, 2.45) is 0 Å². The van der Waals surface area contributed by atoms with Gasteiger partial charge in [0, 0.05) is 25.6 Å². The molecule has 0 fully saturated rings. The van der Waals surface area contributed by atoms with Crippen LogP contribution in [0.2, 0.25) is 0 Å². The van der Waals surface area contributed by atoms with Gasteiger partial charge in [-0.2, -0.15) is 0 Å². The molecule has 0 saturated carbocycles. The maximum Gasteiger partial charge on any atom is 0.368 e. The van der Waals surface area contributed by atoms with E-state index in [4.69, 9.17) is 0 Å². The molecule has 0 radical (unpaired) electrons. The van der Waals surface area contributed by atoms with Crippen molar-refractivity contribution >= 4 is 17.5 Å². The third-order valence-corrected chi connectivity index (χ3v) is 2.04. The first-order valence-corrected chi connectivity index (χ1v) is 4.30. The van der Waals surface area contributed by atoms with E-state index in [1.165, 1.54) is 18.9 Å². The molecule has 0 aliphatic carbocycles. The van der Waals surface area contributed by atoms with E-state index in [1.807, 2.05) is 0 Å². The minimum absolute atomic E-state index is 0.222. The number of aryl methyl sites for hydroxylation is 1. The van der Waals surface area contributed by atoms with Gasteiger partial charge < -0.3 is 10.1 Å². The van der Waals surface area contributed by atoms with Crippen molar-refractivity contribution in [3.05, 3.63) is 27.8 Å². The number of aromatic nitrogens is 1. The second-order valence-electron chi connectivity index (χ2n) is 3.15. The Morgan fingerprint density at radius 2 is 2.13 bits per heavy atom. The highest BCUT2D eigenvalue weighted by Gasteiger charge is 2.18. The molecule has 15 heavy (non-hydrogen) atoms. The van der Waals surface area contributed by atoms with E-state index in [0.717, 1.165) is 0 Å². The number of carbonyl (C=O) groups is 1. The summed E-state index contributed by atoms with van der Waals surface area (Å²) in [6, 6.07) is 3.14. The topological polar surface area (TPSA) is 76.3 Å². The van der Waals surface area contributed by atoms with Gasteiger partial charge in [0.05, 0.1) is 0 Å². The largest absolute Gasteiger partial charge is 0.368 e. The van der Waals surface area contributed by atoms with Crippen molar-refractivity contribution in [2.45, 2.75) is 13.8 Å². The Kier molecular flexibility index (Phi) is 2.99. The lowest BCUT2D eigenvalue weighted by Gasteiger charge is -2.09. The van der Waals surface area contributed by atoms with E-state index in [0.29, 0.717) is 5.56 Å². The molecule has 0 aliphatic rings. The zero-order valence-electron chi connectivity index (χ0n) is 8.72. The average Bonchev–Trinajstić information content (AvgIpc) is 2.16. The minimum Gasteiger partial charge on any atom is -0.358 e. The Hall–Kier alpha value is -1.98. The Balaban J connectivity index is 3.18. The second-order valence-corrected chi connectivity index (χ2v) is 3.15. The maximum absolute atomic E-state index is 11.0. The van der Waals surface area contributed by atoms with Crippen molar-refractivity contribution in [1.82, 2.24) is 4.98 Å². The van der Waals surface area contributed by atoms with E-state index in [9.17, 15) is 14.9 Å². The summed E-state index contributed by atoms with van der Waals surface area (Å²) in [5.41, 5.74) is 0.473. The van der Waals surface area contributed by atoms with Gasteiger partial charge in [0.2, 0.25) is 11.7 Å². The Morgan fingerprint density at radius 1 is 1.53 bits per heavy atom. The molecule has 0 unspecified atom stereocenters. The van der Waals surface area contributed by atoms with E-state index < -0.39 is 4.92 Å². The molecule has 0 aliphatic heterocycles. The van der Waals surface area contributed by atoms with Crippen LogP contribution in [-0.4, -0.2) is 22.9 Å². The molecule has 1 rings (SSSR count). The summed E-state index contributed by atoms with van der Waals surface area (Å²) in [5, 5.41) is 10.6. The molecule has 80 valence electrons. The summed E-state index contributed by atoms with van der Waals surface area (Å²) < 4.78 is 0. The number of rotatable bonds is 2. The summed E-state index contributed by atoms with van der Waals surface area (Å²) in [4.78, 5) is 26.1. The van der Waals surface area contributed by atoms with E-state index in [2.05, 4.69) is 4.98 Å². The minimum atomic E-state index is -0.563. The zero-order chi connectivity index (χ0) is 11.6. The number of anilines is 1. The third kappa shape index (κ3) is 2.28. The summed E-state index contributed by atoms with van der Waals surface area (Å²) in [6.07, 6.45) is 0. The number of hydrogen-bond donors (Lipinski definition) is 0. The smallest absolute Gasteiger partial charge is 0.358 e. The summed E-state index contributed by atoms with van der Waals surface area (Å²) in [6.45, 7) is 2.97. The van der Waals surface area contributed by atoms with Gasteiger partial charge in [0.25, 0.3) is 0 Å². The van der Waals surface area contributed by atoms with E-state index in [-0.39, 0.29) is 17.5 Å². The molecule has 1 aromatic rings. The Labute approximate surface area is 86.7 Å². The lowest BCUT2D eigenvalue weighted by molar-refractivity contribution is -0.390. The Morgan fingerprint density at radius 3 is 2.60 bits per heavy atom. The molecule has 0 saturated heterocycles. The van der Waals surface area contributed by atoms with Gasteiger partial charge in [-0.3, -0.25) is 9.69 Å². The normalized spacial score (nSPS) is 9.80. The Bertz CT molecular complexity index is 417. The lowest BCUT2D eigenvalue weighted by atomic mass is 10.3. The monoisotopic (exact) mass is 209 g/mol. The molecular formula is C9H11N3O3. The highest BCUT2D eigenvalue weighted by atomic mass is 16.6.